The number of unbranched alkanes of at least 4 members (excludes halogenated alkanes) is 18. The lowest BCUT2D eigenvalue weighted by Gasteiger charge is -2.12. The monoisotopic (exact) mass is 677 g/mol. The quantitative estimate of drug-likeness (QED) is 0.0300. The van der Waals surface area contributed by atoms with Gasteiger partial charge in [0.05, 0.1) is 6.10 Å². The molecule has 280 valence electrons. The Bertz CT molecular complexity index is 804. The number of esters is 2. The Hall–Kier alpha value is -1.92. The maximum absolute atomic E-state index is 12.0. The van der Waals surface area contributed by atoms with Crippen LogP contribution in [0.15, 0.2) is 36.5 Å². The van der Waals surface area contributed by atoms with Gasteiger partial charge < -0.3 is 19.7 Å². The average Bonchev–Trinajstić information content (AvgIpc) is 3.08. The van der Waals surface area contributed by atoms with Crippen molar-refractivity contribution in [2.24, 2.45) is 5.92 Å². The van der Waals surface area contributed by atoms with Crippen LogP contribution >= 0.6 is 0 Å². The lowest BCUT2D eigenvalue weighted by Crippen LogP contribution is -2.25. The highest BCUT2D eigenvalue weighted by atomic mass is 16.6. The number of allylic oxidation sites excluding steroid dienone is 4. The highest BCUT2D eigenvalue weighted by Gasteiger charge is 2.12. The van der Waals surface area contributed by atoms with Crippen molar-refractivity contribution in [1.82, 2.24) is 0 Å². The minimum atomic E-state index is -0.985. The molecule has 0 saturated heterocycles. The van der Waals surface area contributed by atoms with Gasteiger partial charge in [-0.25, -0.2) is 0 Å². The van der Waals surface area contributed by atoms with Crippen molar-refractivity contribution in [3.05, 3.63) is 36.5 Å². The fourth-order valence-corrected chi connectivity index (χ4v) is 5.57. The number of aliphatic hydroxyl groups is 2. The van der Waals surface area contributed by atoms with Gasteiger partial charge in [-0.2, -0.15) is 0 Å². The summed E-state index contributed by atoms with van der Waals surface area (Å²) in [6, 6.07) is 0. The Labute approximate surface area is 296 Å². The van der Waals surface area contributed by atoms with Crippen LogP contribution in [0, 0.1) is 5.92 Å². The molecule has 0 spiro atoms. The summed E-state index contributed by atoms with van der Waals surface area (Å²) < 4.78 is 10.3. The standard InChI is InChI=1S/C42H76O6/c1-4-6-26-32-39(43)33-28-23-19-15-13-17-21-25-30-35-42(46)48-37-40(44)36-47-41(45)34-29-24-20-16-12-10-8-7-9-11-14-18-22-27-31-38(3)5-2/h6,19,23,26,28,33,38-40,43-44H,4-5,7-18,20-22,24-25,27,29-32,34-37H2,1-3H3/b23-19+,26-6+,33-28+/t38?,39?,40-/m0/s1. The van der Waals surface area contributed by atoms with E-state index in [-0.39, 0.29) is 25.2 Å². The summed E-state index contributed by atoms with van der Waals surface area (Å²) in [4.78, 5) is 23.9. The Kier molecular flexibility index (Phi) is 34.9. The topological polar surface area (TPSA) is 93.1 Å². The first-order valence-electron chi connectivity index (χ1n) is 20.0. The molecular formula is C42H76O6. The zero-order valence-corrected chi connectivity index (χ0v) is 31.5. The predicted octanol–water partition coefficient (Wildman–Crippen LogP) is 11.3. The number of carbonyl (C=O) groups excluding carboxylic acids is 2. The normalized spacial score (nSPS) is 13.9. The van der Waals surface area contributed by atoms with Crippen LogP contribution in [0.2, 0.25) is 0 Å². The first-order valence-corrected chi connectivity index (χ1v) is 20.0. The average molecular weight is 677 g/mol. The first kappa shape index (κ1) is 46.1. The Morgan fingerprint density at radius 2 is 1.04 bits per heavy atom. The summed E-state index contributed by atoms with van der Waals surface area (Å²) in [5.41, 5.74) is 0. The van der Waals surface area contributed by atoms with E-state index in [0.29, 0.717) is 19.3 Å². The first-order chi connectivity index (χ1) is 23.4. The summed E-state index contributed by atoms with van der Waals surface area (Å²) >= 11 is 0. The molecule has 0 aliphatic heterocycles. The molecule has 48 heavy (non-hydrogen) atoms. The molecule has 6 nitrogen and oxygen atoms in total. The molecule has 0 aliphatic rings. The van der Waals surface area contributed by atoms with E-state index >= 15 is 0 Å². The van der Waals surface area contributed by atoms with Crippen molar-refractivity contribution in [1.29, 1.82) is 0 Å². The van der Waals surface area contributed by atoms with E-state index < -0.39 is 12.2 Å². The van der Waals surface area contributed by atoms with Gasteiger partial charge in [-0.05, 0) is 44.4 Å². The molecular weight excluding hydrogens is 600 g/mol. The third-order valence-electron chi connectivity index (χ3n) is 9.01. The Balaban J connectivity index is 3.48. The second-order valence-electron chi connectivity index (χ2n) is 13.8. The lowest BCUT2D eigenvalue weighted by atomic mass is 9.99. The molecule has 0 aliphatic carbocycles. The SMILES string of the molecule is CC/C=C/CC(O)/C=C/C=C/CCCCCCCC(=O)OC[C@@H](O)COC(=O)CCCCCCCCCCCCCCCCC(C)CC. The minimum Gasteiger partial charge on any atom is -0.463 e. The highest BCUT2D eigenvalue weighted by molar-refractivity contribution is 5.69. The largest absolute Gasteiger partial charge is 0.463 e. The lowest BCUT2D eigenvalue weighted by molar-refractivity contribution is -0.152. The van der Waals surface area contributed by atoms with Crippen molar-refractivity contribution < 1.29 is 29.3 Å². The van der Waals surface area contributed by atoms with E-state index in [9.17, 15) is 19.8 Å². The van der Waals surface area contributed by atoms with Crippen LogP contribution in [0.3, 0.4) is 0 Å². The summed E-state index contributed by atoms with van der Waals surface area (Å²) in [6.45, 7) is 6.46. The molecule has 0 radical (unpaired) electrons. The van der Waals surface area contributed by atoms with Crippen LogP contribution in [-0.4, -0.2) is 47.6 Å². The van der Waals surface area contributed by atoms with Crippen LogP contribution in [0.25, 0.3) is 0 Å². The molecule has 0 aromatic carbocycles. The molecule has 2 unspecified atom stereocenters. The number of rotatable bonds is 35. The van der Waals surface area contributed by atoms with Crippen molar-refractivity contribution in [3.63, 3.8) is 0 Å². The van der Waals surface area contributed by atoms with Crippen LogP contribution in [0.1, 0.15) is 188 Å². The molecule has 2 N–H and O–H groups in total. The van der Waals surface area contributed by atoms with E-state index in [4.69, 9.17) is 9.47 Å². The smallest absolute Gasteiger partial charge is 0.305 e. The molecule has 0 heterocycles. The molecule has 0 saturated carbocycles. The van der Waals surface area contributed by atoms with E-state index in [2.05, 4.69) is 32.9 Å². The number of ether oxygens (including phenoxy) is 2. The molecule has 0 aromatic heterocycles. The fourth-order valence-electron chi connectivity index (χ4n) is 5.57. The Morgan fingerprint density at radius 1 is 0.583 bits per heavy atom. The number of carbonyl (C=O) groups is 2. The molecule has 0 aromatic rings. The van der Waals surface area contributed by atoms with Gasteiger partial charge >= 0.3 is 11.9 Å². The minimum absolute atomic E-state index is 0.133. The van der Waals surface area contributed by atoms with Crippen LogP contribution < -0.4 is 0 Å². The predicted molar refractivity (Wildman–Crippen MR) is 202 cm³/mol. The van der Waals surface area contributed by atoms with Crippen LogP contribution in [-0.2, 0) is 19.1 Å². The third kappa shape index (κ3) is 35.4. The highest BCUT2D eigenvalue weighted by Crippen LogP contribution is 2.16. The van der Waals surface area contributed by atoms with E-state index in [0.717, 1.165) is 70.1 Å². The van der Waals surface area contributed by atoms with Gasteiger partial charge in [-0.15, -0.1) is 0 Å². The van der Waals surface area contributed by atoms with Gasteiger partial charge in [-0.3, -0.25) is 9.59 Å². The number of aliphatic hydroxyl groups excluding tert-OH is 2. The van der Waals surface area contributed by atoms with E-state index in [1.807, 2.05) is 24.3 Å². The van der Waals surface area contributed by atoms with Crippen LogP contribution in [0.5, 0.6) is 0 Å². The van der Waals surface area contributed by atoms with Crippen molar-refractivity contribution >= 4 is 11.9 Å². The zero-order valence-electron chi connectivity index (χ0n) is 31.5. The van der Waals surface area contributed by atoms with Crippen molar-refractivity contribution in [2.45, 2.75) is 200 Å². The summed E-state index contributed by atoms with van der Waals surface area (Å²) in [6.07, 6.45) is 39.5. The number of hydrogen-bond acceptors (Lipinski definition) is 6. The number of hydrogen-bond donors (Lipinski definition) is 2. The van der Waals surface area contributed by atoms with Gasteiger partial charge in [0.25, 0.3) is 0 Å². The molecule has 0 bridgehead atoms. The van der Waals surface area contributed by atoms with Crippen LogP contribution in [0.4, 0.5) is 0 Å². The molecule has 3 atom stereocenters. The van der Waals surface area contributed by atoms with Crippen molar-refractivity contribution in [3.8, 4) is 0 Å². The maximum atomic E-state index is 12.0. The summed E-state index contributed by atoms with van der Waals surface area (Å²) in [5, 5.41) is 19.8. The second-order valence-corrected chi connectivity index (χ2v) is 13.8. The molecule has 6 heteroatoms. The Morgan fingerprint density at radius 3 is 1.52 bits per heavy atom. The fraction of sp³-hybridized carbons (Fsp3) is 0.810. The summed E-state index contributed by atoms with van der Waals surface area (Å²) in [7, 11) is 0. The van der Waals surface area contributed by atoms with Gasteiger partial charge in [0, 0.05) is 12.8 Å². The van der Waals surface area contributed by atoms with Gasteiger partial charge in [0.2, 0.25) is 0 Å². The maximum Gasteiger partial charge on any atom is 0.305 e. The van der Waals surface area contributed by atoms with Gasteiger partial charge in [0.15, 0.2) is 0 Å². The van der Waals surface area contributed by atoms with Gasteiger partial charge in [-0.1, -0.05) is 173 Å². The third-order valence-corrected chi connectivity index (χ3v) is 9.01. The van der Waals surface area contributed by atoms with E-state index in [1.54, 1.807) is 0 Å². The molecule has 0 fully saturated rings. The second kappa shape index (κ2) is 36.4. The van der Waals surface area contributed by atoms with E-state index in [1.165, 1.54) is 83.5 Å². The zero-order chi connectivity index (χ0) is 35.3. The molecule has 0 amide bonds. The van der Waals surface area contributed by atoms with Gasteiger partial charge in [0.1, 0.15) is 19.3 Å². The summed E-state index contributed by atoms with van der Waals surface area (Å²) in [5.74, 6) is 0.284. The molecule has 0 rings (SSSR count). The van der Waals surface area contributed by atoms with Crippen molar-refractivity contribution in [2.75, 3.05) is 13.2 Å².